The summed E-state index contributed by atoms with van der Waals surface area (Å²) in [6.45, 7) is 7.76. The SMILES string of the molecule is CC(C)(C)C(CCO)NCCc1cccnc1. The number of nitrogens with zero attached hydrogens (tertiary/aromatic N) is 1. The number of aromatic nitrogens is 1. The molecule has 1 aromatic rings. The van der Waals surface area contributed by atoms with Gasteiger partial charge in [0, 0.05) is 25.0 Å². The fourth-order valence-electron chi connectivity index (χ4n) is 1.91. The number of aliphatic hydroxyl groups excluding tert-OH is 1. The highest BCUT2D eigenvalue weighted by Gasteiger charge is 2.23. The molecule has 0 saturated heterocycles. The molecule has 0 saturated carbocycles. The lowest BCUT2D eigenvalue weighted by atomic mass is 9.85. The number of rotatable bonds is 6. The lowest BCUT2D eigenvalue weighted by Crippen LogP contribution is -2.41. The topological polar surface area (TPSA) is 45.1 Å². The van der Waals surface area contributed by atoms with Gasteiger partial charge in [0.15, 0.2) is 0 Å². The number of nitrogens with one attached hydrogen (secondary N) is 1. The molecule has 1 aromatic heterocycles. The van der Waals surface area contributed by atoms with Gasteiger partial charge in [0.2, 0.25) is 0 Å². The van der Waals surface area contributed by atoms with E-state index in [1.165, 1.54) is 5.56 Å². The van der Waals surface area contributed by atoms with Gasteiger partial charge in [-0.1, -0.05) is 26.8 Å². The molecule has 1 rings (SSSR count). The fourth-order valence-corrected chi connectivity index (χ4v) is 1.91. The molecular formula is C14H24N2O. The zero-order valence-electron chi connectivity index (χ0n) is 11.1. The number of hydrogen-bond acceptors (Lipinski definition) is 3. The van der Waals surface area contributed by atoms with Gasteiger partial charge in [0.25, 0.3) is 0 Å². The third-order valence-corrected chi connectivity index (χ3v) is 2.99. The molecule has 0 amide bonds. The summed E-state index contributed by atoms with van der Waals surface area (Å²) < 4.78 is 0. The quantitative estimate of drug-likeness (QED) is 0.794. The minimum absolute atomic E-state index is 0.178. The maximum absolute atomic E-state index is 9.07. The van der Waals surface area contributed by atoms with Gasteiger partial charge in [0.1, 0.15) is 0 Å². The maximum atomic E-state index is 9.07. The first-order valence-electron chi connectivity index (χ1n) is 6.27. The van der Waals surface area contributed by atoms with Crippen LogP contribution in [0.5, 0.6) is 0 Å². The molecular weight excluding hydrogens is 212 g/mol. The van der Waals surface area contributed by atoms with Crippen molar-refractivity contribution in [1.82, 2.24) is 10.3 Å². The highest BCUT2D eigenvalue weighted by molar-refractivity contribution is 5.08. The van der Waals surface area contributed by atoms with Gasteiger partial charge in [-0.25, -0.2) is 0 Å². The van der Waals surface area contributed by atoms with Crippen molar-refractivity contribution >= 4 is 0 Å². The Kier molecular flexibility index (Phi) is 5.59. The Labute approximate surface area is 104 Å². The third kappa shape index (κ3) is 5.29. The molecule has 0 aliphatic carbocycles. The Bertz CT molecular complexity index is 306. The van der Waals surface area contributed by atoms with Gasteiger partial charge in [-0.3, -0.25) is 4.98 Å². The van der Waals surface area contributed by atoms with Crippen LogP contribution >= 0.6 is 0 Å². The van der Waals surface area contributed by atoms with Gasteiger partial charge >= 0.3 is 0 Å². The van der Waals surface area contributed by atoms with Crippen molar-refractivity contribution in [3.8, 4) is 0 Å². The molecule has 1 atom stereocenters. The van der Waals surface area contributed by atoms with Crippen LogP contribution in [0, 0.1) is 5.41 Å². The van der Waals surface area contributed by atoms with Crippen molar-refractivity contribution in [2.24, 2.45) is 5.41 Å². The van der Waals surface area contributed by atoms with Gasteiger partial charge in [-0.15, -0.1) is 0 Å². The van der Waals surface area contributed by atoms with Gasteiger partial charge < -0.3 is 10.4 Å². The van der Waals surface area contributed by atoms with Crippen molar-refractivity contribution in [3.05, 3.63) is 30.1 Å². The molecule has 0 radical (unpaired) electrons. The van der Waals surface area contributed by atoms with E-state index in [0.29, 0.717) is 6.04 Å². The number of pyridine rings is 1. The van der Waals surface area contributed by atoms with Crippen LogP contribution in [0.4, 0.5) is 0 Å². The summed E-state index contributed by atoms with van der Waals surface area (Å²) >= 11 is 0. The van der Waals surface area contributed by atoms with Gasteiger partial charge in [-0.05, 0) is 36.4 Å². The first-order valence-corrected chi connectivity index (χ1v) is 6.27. The molecule has 3 heteroatoms. The summed E-state index contributed by atoms with van der Waals surface area (Å²) in [6.07, 6.45) is 5.48. The fraction of sp³-hybridized carbons (Fsp3) is 0.643. The van der Waals surface area contributed by atoms with Crippen LogP contribution < -0.4 is 5.32 Å². The van der Waals surface area contributed by atoms with Crippen LogP contribution in [0.25, 0.3) is 0 Å². The summed E-state index contributed by atoms with van der Waals surface area (Å²) in [4.78, 5) is 4.10. The molecule has 0 aliphatic heterocycles. The lowest BCUT2D eigenvalue weighted by molar-refractivity contribution is 0.198. The summed E-state index contributed by atoms with van der Waals surface area (Å²) in [7, 11) is 0. The number of hydrogen-bond donors (Lipinski definition) is 2. The lowest BCUT2D eigenvalue weighted by Gasteiger charge is -2.31. The Hall–Kier alpha value is -0.930. The third-order valence-electron chi connectivity index (χ3n) is 2.99. The molecule has 96 valence electrons. The van der Waals surface area contributed by atoms with Crippen molar-refractivity contribution in [1.29, 1.82) is 0 Å². The summed E-state index contributed by atoms with van der Waals surface area (Å²) in [6, 6.07) is 4.40. The van der Waals surface area contributed by atoms with E-state index in [9.17, 15) is 0 Å². The summed E-state index contributed by atoms with van der Waals surface area (Å²) in [5, 5.41) is 12.6. The summed E-state index contributed by atoms with van der Waals surface area (Å²) in [5.41, 5.74) is 1.43. The standard InChI is InChI=1S/C14H24N2O/c1-14(2,3)13(7-10-17)16-9-6-12-5-4-8-15-11-12/h4-5,8,11,13,16-17H,6-7,9-10H2,1-3H3. The van der Waals surface area contributed by atoms with Crippen LogP contribution in [0.2, 0.25) is 0 Å². The molecule has 0 fully saturated rings. The largest absolute Gasteiger partial charge is 0.396 e. The van der Waals surface area contributed by atoms with E-state index in [-0.39, 0.29) is 12.0 Å². The predicted octanol–water partition coefficient (Wildman–Crippen LogP) is 2.01. The van der Waals surface area contributed by atoms with E-state index in [4.69, 9.17) is 5.11 Å². The first-order chi connectivity index (χ1) is 8.04. The van der Waals surface area contributed by atoms with Crippen molar-refractivity contribution in [3.63, 3.8) is 0 Å². The van der Waals surface area contributed by atoms with E-state index in [2.05, 4.69) is 37.1 Å². The molecule has 1 unspecified atom stereocenters. The molecule has 0 bridgehead atoms. The maximum Gasteiger partial charge on any atom is 0.0446 e. The minimum atomic E-state index is 0.178. The van der Waals surface area contributed by atoms with Crippen molar-refractivity contribution in [2.75, 3.05) is 13.2 Å². The first kappa shape index (κ1) is 14.1. The van der Waals surface area contributed by atoms with E-state index in [1.807, 2.05) is 12.3 Å². The molecule has 0 aliphatic rings. The van der Waals surface area contributed by atoms with Gasteiger partial charge in [0.05, 0.1) is 0 Å². The Morgan fingerprint density at radius 3 is 2.71 bits per heavy atom. The van der Waals surface area contributed by atoms with Gasteiger partial charge in [-0.2, -0.15) is 0 Å². The van der Waals surface area contributed by atoms with E-state index in [0.717, 1.165) is 19.4 Å². The molecule has 3 nitrogen and oxygen atoms in total. The Balaban J connectivity index is 2.37. The Morgan fingerprint density at radius 2 is 2.18 bits per heavy atom. The monoisotopic (exact) mass is 236 g/mol. The van der Waals surface area contributed by atoms with Crippen LogP contribution in [0.1, 0.15) is 32.8 Å². The van der Waals surface area contributed by atoms with E-state index < -0.39 is 0 Å². The predicted molar refractivity (Wildman–Crippen MR) is 70.9 cm³/mol. The smallest absolute Gasteiger partial charge is 0.0446 e. The zero-order chi connectivity index (χ0) is 12.7. The van der Waals surface area contributed by atoms with Crippen LogP contribution in [0.15, 0.2) is 24.5 Å². The number of aliphatic hydroxyl groups is 1. The van der Waals surface area contributed by atoms with E-state index in [1.54, 1.807) is 6.20 Å². The average molecular weight is 236 g/mol. The second kappa shape index (κ2) is 6.72. The van der Waals surface area contributed by atoms with Crippen LogP contribution in [-0.4, -0.2) is 29.3 Å². The van der Waals surface area contributed by atoms with E-state index >= 15 is 0 Å². The van der Waals surface area contributed by atoms with Crippen LogP contribution in [0.3, 0.4) is 0 Å². The molecule has 1 heterocycles. The second-order valence-electron chi connectivity index (χ2n) is 5.50. The zero-order valence-corrected chi connectivity index (χ0v) is 11.1. The Morgan fingerprint density at radius 1 is 1.41 bits per heavy atom. The summed E-state index contributed by atoms with van der Waals surface area (Å²) in [5.74, 6) is 0. The molecule has 2 N–H and O–H groups in total. The van der Waals surface area contributed by atoms with Crippen LogP contribution in [-0.2, 0) is 6.42 Å². The average Bonchev–Trinajstić information content (AvgIpc) is 2.28. The normalized spacial score (nSPS) is 13.6. The van der Waals surface area contributed by atoms with Crippen molar-refractivity contribution < 1.29 is 5.11 Å². The minimum Gasteiger partial charge on any atom is -0.396 e. The highest BCUT2D eigenvalue weighted by Crippen LogP contribution is 2.21. The molecule has 0 aromatic carbocycles. The second-order valence-corrected chi connectivity index (χ2v) is 5.50. The van der Waals surface area contributed by atoms with Crippen molar-refractivity contribution in [2.45, 2.75) is 39.7 Å². The highest BCUT2D eigenvalue weighted by atomic mass is 16.3. The molecule has 17 heavy (non-hydrogen) atoms. The molecule has 0 spiro atoms.